The van der Waals surface area contributed by atoms with Crippen LogP contribution in [-0.2, 0) is 4.74 Å². The van der Waals surface area contributed by atoms with Gasteiger partial charge in [-0.05, 0) is 62.3 Å². The van der Waals surface area contributed by atoms with Crippen molar-refractivity contribution in [1.29, 1.82) is 0 Å². The van der Waals surface area contributed by atoms with Crippen LogP contribution in [0.1, 0.15) is 66.8 Å². The van der Waals surface area contributed by atoms with Crippen molar-refractivity contribution in [3.63, 3.8) is 0 Å². The molecule has 2 N–H and O–H groups in total. The Bertz CT molecular complexity index is 520. The van der Waals surface area contributed by atoms with Gasteiger partial charge in [-0.2, -0.15) is 0 Å². The number of nitrogens with one attached hydrogen (secondary N) is 2. The first-order chi connectivity index (χ1) is 11.8. The average molecular weight is 330 g/mol. The molecule has 24 heavy (non-hydrogen) atoms. The van der Waals surface area contributed by atoms with Gasteiger partial charge in [-0.1, -0.05) is 25.0 Å². The van der Waals surface area contributed by atoms with Crippen molar-refractivity contribution in [1.82, 2.24) is 10.6 Å². The predicted octanol–water partition coefficient (Wildman–Crippen LogP) is 3.23. The van der Waals surface area contributed by atoms with Gasteiger partial charge in [0.25, 0.3) is 5.91 Å². The average Bonchev–Trinajstić information content (AvgIpc) is 3.15. The van der Waals surface area contributed by atoms with Crippen LogP contribution in [-0.4, -0.2) is 38.3 Å². The van der Waals surface area contributed by atoms with Gasteiger partial charge in [0.2, 0.25) is 0 Å². The summed E-state index contributed by atoms with van der Waals surface area (Å²) in [5.74, 6) is 0.563. The molecule has 2 aliphatic rings. The van der Waals surface area contributed by atoms with E-state index in [4.69, 9.17) is 4.74 Å². The van der Waals surface area contributed by atoms with Crippen molar-refractivity contribution in [2.24, 2.45) is 0 Å². The molecular formula is C20H30N2O2. The topological polar surface area (TPSA) is 50.4 Å². The van der Waals surface area contributed by atoms with E-state index in [1.54, 1.807) is 0 Å². The summed E-state index contributed by atoms with van der Waals surface area (Å²) in [4.78, 5) is 12.3. The summed E-state index contributed by atoms with van der Waals surface area (Å²) in [5, 5.41) is 6.46. The molecule has 1 aromatic rings. The van der Waals surface area contributed by atoms with E-state index in [-0.39, 0.29) is 5.91 Å². The molecule has 0 radical (unpaired) electrons. The van der Waals surface area contributed by atoms with E-state index in [0.717, 1.165) is 31.7 Å². The molecule has 0 aromatic heterocycles. The third kappa shape index (κ3) is 5.05. The molecule has 4 nitrogen and oxygen atoms in total. The Hall–Kier alpha value is -1.39. The Labute approximate surface area is 145 Å². The zero-order valence-corrected chi connectivity index (χ0v) is 14.6. The molecular weight excluding hydrogens is 300 g/mol. The summed E-state index contributed by atoms with van der Waals surface area (Å²) in [6.45, 7) is 3.56. The second-order valence-electron chi connectivity index (χ2n) is 7.06. The lowest BCUT2D eigenvalue weighted by molar-refractivity contribution is 0.0565. The number of amides is 1. The quantitative estimate of drug-likeness (QED) is 0.755. The second-order valence-corrected chi connectivity index (χ2v) is 7.06. The van der Waals surface area contributed by atoms with E-state index < -0.39 is 0 Å². The van der Waals surface area contributed by atoms with Crippen LogP contribution in [0.4, 0.5) is 0 Å². The Morgan fingerprint density at radius 1 is 1.21 bits per heavy atom. The summed E-state index contributed by atoms with van der Waals surface area (Å²) < 4.78 is 5.83. The van der Waals surface area contributed by atoms with Crippen LogP contribution in [0.2, 0.25) is 0 Å². The van der Waals surface area contributed by atoms with Gasteiger partial charge in [-0.3, -0.25) is 4.79 Å². The van der Waals surface area contributed by atoms with Crippen molar-refractivity contribution >= 4 is 5.91 Å². The molecule has 0 bridgehead atoms. The highest BCUT2D eigenvalue weighted by Gasteiger charge is 2.17. The maximum atomic E-state index is 12.3. The molecule has 1 aliphatic heterocycles. The molecule has 1 saturated carbocycles. The van der Waals surface area contributed by atoms with E-state index in [9.17, 15) is 4.79 Å². The fourth-order valence-electron chi connectivity index (χ4n) is 3.75. The van der Waals surface area contributed by atoms with Crippen LogP contribution < -0.4 is 10.6 Å². The van der Waals surface area contributed by atoms with Gasteiger partial charge in [0, 0.05) is 25.3 Å². The zero-order valence-electron chi connectivity index (χ0n) is 14.6. The van der Waals surface area contributed by atoms with Gasteiger partial charge >= 0.3 is 0 Å². The largest absolute Gasteiger partial charge is 0.378 e. The zero-order chi connectivity index (χ0) is 16.6. The van der Waals surface area contributed by atoms with Gasteiger partial charge in [0.1, 0.15) is 0 Å². The summed E-state index contributed by atoms with van der Waals surface area (Å²) >= 11 is 0. The van der Waals surface area contributed by atoms with E-state index in [1.807, 2.05) is 12.1 Å². The molecule has 132 valence electrons. The first-order valence-electron chi connectivity index (χ1n) is 9.53. The third-order valence-corrected chi connectivity index (χ3v) is 5.18. The lowest BCUT2D eigenvalue weighted by atomic mass is 9.90. The first-order valence-corrected chi connectivity index (χ1v) is 9.53. The highest BCUT2D eigenvalue weighted by atomic mass is 16.5. The molecule has 0 unspecified atom stereocenters. The van der Waals surface area contributed by atoms with Crippen LogP contribution in [0.15, 0.2) is 24.3 Å². The lowest BCUT2D eigenvalue weighted by Gasteiger charge is -2.23. The maximum absolute atomic E-state index is 12.3. The number of piperidine rings is 1. The first kappa shape index (κ1) is 17.4. The monoisotopic (exact) mass is 330 g/mol. The highest BCUT2D eigenvalue weighted by Crippen LogP contribution is 2.24. The highest BCUT2D eigenvalue weighted by molar-refractivity contribution is 5.94. The Morgan fingerprint density at radius 2 is 2.08 bits per heavy atom. The Balaban J connectivity index is 1.41. The summed E-state index contributed by atoms with van der Waals surface area (Å²) in [6.07, 6.45) is 8.77. The van der Waals surface area contributed by atoms with Gasteiger partial charge in [0.05, 0.1) is 6.10 Å². The minimum atomic E-state index is 0.0292. The Morgan fingerprint density at radius 3 is 2.88 bits per heavy atom. The van der Waals surface area contributed by atoms with Crippen LogP contribution in [0.3, 0.4) is 0 Å². The molecule has 1 aromatic carbocycles. The van der Waals surface area contributed by atoms with Crippen molar-refractivity contribution in [2.45, 2.75) is 57.0 Å². The molecule has 3 rings (SSSR count). The van der Waals surface area contributed by atoms with Crippen molar-refractivity contribution in [2.75, 3.05) is 26.2 Å². The van der Waals surface area contributed by atoms with E-state index in [1.165, 1.54) is 44.1 Å². The Kier molecular flexibility index (Phi) is 6.67. The van der Waals surface area contributed by atoms with Crippen molar-refractivity contribution in [3.8, 4) is 0 Å². The van der Waals surface area contributed by atoms with Gasteiger partial charge < -0.3 is 15.4 Å². The van der Waals surface area contributed by atoms with E-state index >= 15 is 0 Å². The molecule has 2 fully saturated rings. The molecule has 1 saturated heterocycles. The van der Waals surface area contributed by atoms with E-state index in [0.29, 0.717) is 18.6 Å². The van der Waals surface area contributed by atoms with Crippen LogP contribution in [0, 0.1) is 0 Å². The third-order valence-electron chi connectivity index (χ3n) is 5.18. The van der Waals surface area contributed by atoms with E-state index in [2.05, 4.69) is 22.8 Å². The second kappa shape index (κ2) is 9.19. The summed E-state index contributed by atoms with van der Waals surface area (Å²) in [6, 6.07) is 8.11. The number of rotatable bonds is 7. The number of benzene rings is 1. The fraction of sp³-hybridized carbons (Fsp3) is 0.650. The number of carbonyl (C=O) groups excluding carboxylic acids is 1. The SMILES string of the molecule is O=C(NCCCOC1CCCC1)c1cccc([C@H]2CCCNC2)c1. The molecule has 1 atom stereocenters. The molecule has 0 spiro atoms. The van der Waals surface area contributed by atoms with Crippen molar-refractivity contribution < 1.29 is 9.53 Å². The van der Waals surface area contributed by atoms with Gasteiger partial charge in [0.15, 0.2) is 0 Å². The van der Waals surface area contributed by atoms with Gasteiger partial charge in [-0.15, -0.1) is 0 Å². The predicted molar refractivity (Wildman–Crippen MR) is 96.4 cm³/mol. The number of carbonyl (C=O) groups is 1. The molecule has 4 heteroatoms. The summed E-state index contributed by atoms with van der Waals surface area (Å²) in [5.41, 5.74) is 2.05. The fourth-order valence-corrected chi connectivity index (χ4v) is 3.75. The summed E-state index contributed by atoms with van der Waals surface area (Å²) in [7, 11) is 0. The maximum Gasteiger partial charge on any atom is 0.251 e. The van der Waals surface area contributed by atoms with Gasteiger partial charge in [-0.25, -0.2) is 0 Å². The lowest BCUT2D eigenvalue weighted by Crippen LogP contribution is -2.29. The van der Waals surface area contributed by atoms with Crippen LogP contribution >= 0.6 is 0 Å². The van der Waals surface area contributed by atoms with Crippen molar-refractivity contribution in [3.05, 3.63) is 35.4 Å². The number of hydrogen-bond acceptors (Lipinski definition) is 3. The van der Waals surface area contributed by atoms with Crippen LogP contribution in [0.25, 0.3) is 0 Å². The standard InChI is InChI=1S/C20H30N2O2/c23-20(22-12-5-13-24-19-9-1-2-10-19)17-7-3-6-16(14-17)18-8-4-11-21-15-18/h3,6-7,14,18-19,21H,1-2,4-5,8-13,15H2,(H,22,23)/t18-/m0/s1. The minimum absolute atomic E-state index is 0.0292. The number of ether oxygens (including phenoxy) is 1. The number of hydrogen-bond donors (Lipinski definition) is 2. The molecule has 1 heterocycles. The molecule has 1 amide bonds. The minimum Gasteiger partial charge on any atom is -0.378 e. The normalized spacial score (nSPS) is 21.8. The smallest absolute Gasteiger partial charge is 0.251 e. The molecule has 1 aliphatic carbocycles. The van der Waals surface area contributed by atoms with Crippen LogP contribution in [0.5, 0.6) is 0 Å².